The Hall–Kier alpha value is -2.33. The second kappa shape index (κ2) is 11.0. The van der Waals surface area contributed by atoms with Crippen LogP contribution in [0.2, 0.25) is 5.02 Å². The molecule has 1 heterocycles. The van der Waals surface area contributed by atoms with Crippen molar-refractivity contribution in [3.8, 4) is 5.75 Å². The third-order valence-electron chi connectivity index (χ3n) is 5.24. The lowest BCUT2D eigenvalue weighted by molar-refractivity contribution is -0.133. The van der Waals surface area contributed by atoms with Gasteiger partial charge in [0.15, 0.2) is 6.61 Å². The molecule has 2 aromatic rings. The van der Waals surface area contributed by atoms with Gasteiger partial charge in [-0.3, -0.25) is 4.79 Å². The Bertz CT molecular complexity index is 1020. The van der Waals surface area contributed by atoms with Gasteiger partial charge in [0.25, 0.3) is 5.91 Å². The van der Waals surface area contributed by atoms with Crippen molar-refractivity contribution in [2.45, 2.75) is 11.8 Å². The minimum atomic E-state index is -3.61. The first kappa shape index (κ1) is 24.3. The smallest absolute Gasteiger partial charge is 0.260 e. The number of ether oxygens (including phenoxy) is 2. The normalized spacial score (nSPS) is 14.5. The van der Waals surface area contributed by atoms with Crippen molar-refractivity contribution in [1.82, 2.24) is 9.62 Å². The summed E-state index contributed by atoms with van der Waals surface area (Å²) in [6.07, 6.45) is 0. The van der Waals surface area contributed by atoms with E-state index in [1.165, 1.54) is 31.4 Å². The molecule has 10 heteroatoms. The van der Waals surface area contributed by atoms with E-state index in [9.17, 15) is 13.2 Å². The highest BCUT2D eigenvalue weighted by molar-refractivity contribution is 7.89. The van der Waals surface area contributed by atoms with E-state index in [4.69, 9.17) is 21.1 Å². The number of rotatable bonds is 9. The first-order valence-corrected chi connectivity index (χ1v) is 12.2. The maximum Gasteiger partial charge on any atom is 0.260 e. The Balaban J connectivity index is 1.48. The van der Waals surface area contributed by atoms with E-state index in [1.54, 1.807) is 4.90 Å². The molecule has 32 heavy (non-hydrogen) atoms. The van der Waals surface area contributed by atoms with Gasteiger partial charge in [0.1, 0.15) is 5.75 Å². The molecule has 1 aliphatic rings. The largest absolute Gasteiger partial charge is 0.484 e. The summed E-state index contributed by atoms with van der Waals surface area (Å²) >= 11 is 6.13. The maximum atomic E-state index is 12.6. The van der Waals surface area contributed by atoms with Gasteiger partial charge in [-0.25, -0.2) is 13.1 Å². The van der Waals surface area contributed by atoms with E-state index < -0.39 is 10.0 Å². The average Bonchev–Trinajstić information content (AvgIpc) is 2.79. The van der Waals surface area contributed by atoms with Crippen molar-refractivity contribution >= 4 is 33.2 Å². The zero-order chi connectivity index (χ0) is 23.1. The van der Waals surface area contributed by atoms with Gasteiger partial charge in [-0.15, -0.1) is 0 Å². The summed E-state index contributed by atoms with van der Waals surface area (Å²) in [6.45, 7) is 5.05. The van der Waals surface area contributed by atoms with E-state index in [0.717, 1.165) is 24.3 Å². The Morgan fingerprint density at radius 2 is 1.78 bits per heavy atom. The molecule has 1 N–H and O–H groups in total. The molecule has 8 nitrogen and oxygen atoms in total. The number of amides is 1. The summed E-state index contributed by atoms with van der Waals surface area (Å²) in [6, 6.07) is 11.8. The van der Waals surface area contributed by atoms with Crippen LogP contribution < -0.4 is 14.4 Å². The van der Waals surface area contributed by atoms with Gasteiger partial charge in [0.05, 0.1) is 11.5 Å². The lowest BCUT2D eigenvalue weighted by Gasteiger charge is -2.36. The Kier molecular flexibility index (Phi) is 8.36. The number of nitrogens with zero attached hydrogens (tertiary/aromatic N) is 2. The molecule has 1 saturated heterocycles. The lowest BCUT2D eigenvalue weighted by atomic mass is 10.1. The molecule has 0 saturated carbocycles. The topological polar surface area (TPSA) is 88.2 Å². The number of aryl methyl sites for hydroxylation is 1. The number of benzene rings is 2. The molecule has 0 bridgehead atoms. The van der Waals surface area contributed by atoms with Crippen molar-refractivity contribution in [3.05, 3.63) is 53.1 Å². The standard InChI is InChI=1S/C22H28ClN3O5S/c1-17-3-4-18(23)15-21(17)25-10-12-26(13-11-25)22(27)16-31-19-5-7-20(8-6-19)32(28,29)24-9-14-30-2/h3-8,15,24H,9-14,16H2,1-2H3. The van der Waals surface area contributed by atoms with Crippen molar-refractivity contribution < 1.29 is 22.7 Å². The summed E-state index contributed by atoms with van der Waals surface area (Å²) < 4.78 is 37.2. The molecule has 174 valence electrons. The van der Waals surface area contributed by atoms with Gasteiger partial charge >= 0.3 is 0 Å². The van der Waals surface area contributed by atoms with Crippen LogP contribution in [0.5, 0.6) is 5.75 Å². The van der Waals surface area contributed by atoms with Crippen LogP contribution in [0.25, 0.3) is 0 Å². The third-order valence-corrected chi connectivity index (χ3v) is 6.95. The van der Waals surface area contributed by atoms with Crippen LogP contribution in [0, 0.1) is 6.92 Å². The van der Waals surface area contributed by atoms with E-state index in [0.29, 0.717) is 23.9 Å². The Labute approximate surface area is 194 Å². The van der Waals surface area contributed by atoms with Crippen LogP contribution in [0.15, 0.2) is 47.4 Å². The molecule has 0 unspecified atom stereocenters. The van der Waals surface area contributed by atoms with Crippen molar-refractivity contribution in [2.24, 2.45) is 0 Å². The molecule has 3 rings (SSSR count). The van der Waals surface area contributed by atoms with Crippen LogP contribution in [-0.2, 0) is 19.6 Å². The highest BCUT2D eigenvalue weighted by atomic mass is 35.5. The second-order valence-electron chi connectivity index (χ2n) is 7.45. The number of hydrogen-bond acceptors (Lipinski definition) is 6. The molecule has 0 aromatic heterocycles. The fourth-order valence-corrected chi connectivity index (χ4v) is 4.61. The minimum Gasteiger partial charge on any atom is -0.484 e. The van der Waals surface area contributed by atoms with Crippen molar-refractivity contribution in [1.29, 1.82) is 0 Å². The number of anilines is 1. The zero-order valence-corrected chi connectivity index (χ0v) is 19.8. The zero-order valence-electron chi connectivity index (χ0n) is 18.2. The molecule has 2 aromatic carbocycles. The molecule has 0 spiro atoms. The summed E-state index contributed by atoms with van der Waals surface area (Å²) in [7, 11) is -2.10. The highest BCUT2D eigenvalue weighted by Gasteiger charge is 2.22. The molecule has 0 atom stereocenters. The van der Waals surface area contributed by atoms with Crippen LogP contribution >= 0.6 is 11.6 Å². The minimum absolute atomic E-state index is 0.103. The summed E-state index contributed by atoms with van der Waals surface area (Å²) in [4.78, 5) is 16.7. The number of carbonyl (C=O) groups is 1. The van der Waals surface area contributed by atoms with Gasteiger partial charge < -0.3 is 19.3 Å². The van der Waals surface area contributed by atoms with Crippen LogP contribution in [0.1, 0.15) is 5.56 Å². The molecule has 1 amide bonds. The fourth-order valence-electron chi connectivity index (χ4n) is 3.43. The van der Waals surface area contributed by atoms with Crippen LogP contribution in [0.4, 0.5) is 5.69 Å². The summed E-state index contributed by atoms with van der Waals surface area (Å²) in [5.41, 5.74) is 2.24. The SMILES string of the molecule is COCCNS(=O)(=O)c1ccc(OCC(=O)N2CCN(c3cc(Cl)ccc3C)CC2)cc1. The van der Waals surface area contributed by atoms with Crippen molar-refractivity contribution in [3.63, 3.8) is 0 Å². The van der Waals surface area contributed by atoms with E-state index in [1.807, 2.05) is 25.1 Å². The van der Waals surface area contributed by atoms with Gasteiger partial charge in [-0.05, 0) is 48.9 Å². The molecule has 0 radical (unpaired) electrons. The lowest BCUT2D eigenvalue weighted by Crippen LogP contribution is -2.50. The van der Waals surface area contributed by atoms with E-state index in [-0.39, 0.29) is 30.6 Å². The number of hydrogen-bond donors (Lipinski definition) is 1. The second-order valence-corrected chi connectivity index (χ2v) is 9.65. The van der Waals surface area contributed by atoms with Gasteiger partial charge in [-0.2, -0.15) is 0 Å². The number of methoxy groups -OCH3 is 1. The van der Waals surface area contributed by atoms with E-state index in [2.05, 4.69) is 9.62 Å². The number of halogens is 1. The number of nitrogens with one attached hydrogen (secondary N) is 1. The Morgan fingerprint density at radius 3 is 2.44 bits per heavy atom. The first-order chi connectivity index (χ1) is 15.3. The fraction of sp³-hybridized carbons (Fsp3) is 0.409. The molecular formula is C22H28ClN3O5S. The summed E-state index contributed by atoms with van der Waals surface area (Å²) in [5, 5.41) is 0.696. The van der Waals surface area contributed by atoms with Gasteiger partial charge in [-0.1, -0.05) is 17.7 Å². The predicted molar refractivity (Wildman–Crippen MR) is 124 cm³/mol. The van der Waals surface area contributed by atoms with Crippen LogP contribution in [-0.4, -0.2) is 72.3 Å². The maximum absolute atomic E-state index is 12.6. The highest BCUT2D eigenvalue weighted by Crippen LogP contribution is 2.25. The Morgan fingerprint density at radius 1 is 1.09 bits per heavy atom. The van der Waals surface area contributed by atoms with Gasteiger partial charge in [0, 0.05) is 50.5 Å². The quantitative estimate of drug-likeness (QED) is 0.553. The average molecular weight is 482 g/mol. The van der Waals surface area contributed by atoms with Crippen LogP contribution in [0.3, 0.4) is 0 Å². The molecule has 1 aliphatic heterocycles. The number of carbonyl (C=O) groups excluding carboxylic acids is 1. The number of piperazine rings is 1. The first-order valence-electron chi connectivity index (χ1n) is 10.3. The van der Waals surface area contributed by atoms with Gasteiger partial charge in [0.2, 0.25) is 10.0 Å². The molecule has 1 fully saturated rings. The molecular weight excluding hydrogens is 454 g/mol. The number of sulfonamides is 1. The van der Waals surface area contributed by atoms with E-state index >= 15 is 0 Å². The monoisotopic (exact) mass is 481 g/mol. The van der Waals surface area contributed by atoms with Crippen molar-refractivity contribution in [2.75, 3.05) is 57.9 Å². The third kappa shape index (κ3) is 6.35. The molecule has 0 aliphatic carbocycles. The summed E-state index contributed by atoms with van der Waals surface area (Å²) in [5.74, 6) is 0.327. The predicted octanol–water partition coefficient (Wildman–Crippen LogP) is 2.30.